The van der Waals surface area contributed by atoms with Crippen molar-refractivity contribution < 1.29 is 4.74 Å². The van der Waals surface area contributed by atoms with Gasteiger partial charge in [-0.25, -0.2) is 0 Å². The second kappa shape index (κ2) is 6.02. The molecule has 16 heavy (non-hydrogen) atoms. The van der Waals surface area contributed by atoms with Crippen molar-refractivity contribution in [2.24, 2.45) is 5.92 Å². The molecule has 2 unspecified atom stereocenters. The van der Waals surface area contributed by atoms with Gasteiger partial charge in [-0.05, 0) is 38.5 Å². The Morgan fingerprint density at radius 2 is 1.88 bits per heavy atom. The molecular formula is C14H27NO. The van der Waals surface area contributed by atoms with E-state index in [1.807, 2.05) is 0 Å². The van der Waals surface area contributed by atoms with E-state index in [0.717, 1.165) is 24.6 Å². The lowest BCUT2D eigenvalue weighted by atomic mass is 9.82. The maximum Gasteiger partial charge on any atom is 0.0604 e. The summed E-state index contributed by atoms with van der Waals surface area (Å²) in [6.07, 6.45) is 10.1. The van der Waals surface area contributed by atoms with E-state index in [-0.39, 0.29) is 0 Å². The normalized spacial score (nSPS) is 39.4. The van der Waals surface area contributed by atoms with Gasteiger partial charge in [0.05, 0.1) is 6.10 Å². The maximum absolute atomic E-state index is 5.60. The first-order chi connectivity index (χ1) is 7.81. The Hall–Kier alpha value is -0.0800. The van der Waals surface area contributed by atoms with Crippen molar-refractivity contribution >= 4 is 0 Å². The zero-order valence-corrected chi connectivity index (χ0v) is 10.9. The lowest BCUT2D eigenvalue weighted by molar-refractivity contribution is -0.0140. The Kier molecular flexibility index (Phi) is 4.66. The summed E-state index contributed by atoms with van der Waals surface area (Å²) in [6.45, 7) is 5.30. The molecule has 0 aromatic carbocycles. The second-order valence-corrected chi connectivity index (χ2v) is 5.55. The van der Waals surface area contributed by atoms with E-state index in [1.165, 1.54) is 44.9 Å². The van der Waals surface area contributed by atoms with Crippen molar-refractivity contribution in [3.05, 3.63) is 0 Å². The molecule has 2 fully saturated rings. The molecule has 0 radical (unpaired) electrons. The fourth-order valence-electron chi connectivity index (χ4n) is 3.22. The van der Waals surface area contributed by atoms with Crippen LogP contribution in [0.3, 0.4) is 0 Å². The van der Waals surface area contributed by atoms with E-state index < -0.39 is 0 Å². The predicted molar refractivity (Wildman–Crippen MR) is 67.6 cm³/mol. The quantitative estimate of drug-likeness (QED) is 0.776. The van der Waals surface area contributed by atoms with Gasteiger partial charge in [-0.15, -0.1) is 0 Å². The molecule has 1 N–H and O–H groups in total. The van der Waals surface area contributed by atoms with Gasteiger partial charge in [0.15, 0.2) is 0 Å². The zero-order chi connectivity index (χ0) is 11.4. The van der Waals surface area contributed by atoms with Gasteiger partial charge in [0.2, 0.25) is 0 Å². The highest BCUT2D eigenvalue weighted by molar-refractivity contribution is 4.89. The van der Waals surface area contributed by atoms with E-state index in [2.05, 4.69) is 19.2 Å². The van der Waals surface area contributed by atoms with E-state index in [1.54, 1.807) is 0 Å². The molecule has 0 spiro atoms. The van der Waals surface area contributed by atoms with Crippen LogP contribution in [0.1, 0.15) is 58.8 Å². The minimum Gasteiger partial charge on any atom is -0.378 e. The zero-order valence-electron chi connectivity index (χ0n) is 10.9. The monoisotopic (exact) mass is 225 g/mol. The summed E-state index contributed by atoms with van der Waals surface area (Å²) < 4.78 is 5.60. The molecule has 0 aromatic heterocycles. The van der Waals surface area contributed by atoms with Crippen molar-refractivity contribution in [2.45, 2.75) is 77.0 Å². The SMILES string of the molecule is CCOC1CC(NC2CCCC(CC)C2)C1. The van der Waals surface area contributed by atoms with Gasteiger partial charge >= 0.3 is 0 Å². The summed E-state index contributed by atoms with van der Waals surface area (Å²) in [6, 6.07) is 1.54. The van der Waals surface area contributed by atoms with E-state index >= 15 is 0 Å². The van der Waals surface area contributed by atoms with Crippen molar-refractivity contribution in [3.63, 3.8) is 0 Å². The fraction of sp³-hybridized carbons (Fsp3) is 1.00. The first-order valence-corrected chi connectivity index (χ1v) is 7.19. The van der Waals surface area contributed by atoms with Crippen molar-refractivity contribution in [3.8, 4) is 0 Å². The van der Waals surface area contributed by atoms with E-state index in [0.29, 0.717) is 6.10 Å². The average molecular weight is 225 g/mol. The summed E-state index contributed by atoms with van der Waals surface area (Å²) in [5.74, 6) is 0.981. The standard InChI is InChI=1S/C14H27NO/c1-3-11-6-5-7-12(8-11)15-13-9-14(10-13)16-4-2/h11-15H,3-10H2,1-2H3. The number of nitrogens with one attached hydrogen (secondary N) is 1. The smallest absolute Gasteiger partial charge is 0.0604 e. The van der Waals surface area contributed by atoms with Crippen LogP contribution in [0.2, 0.25) is 0 Å². The van der Waals surface area contributed by atoms with Crippen LogP contribution in [0.4, 0.5) is 0 Å². The van der Waals surface area contributed by atoms with E-state index in [4.69, 9.17) is 4.74 Å². The molecule has 2 atom stereocenters. The van der Waals surface area contributed by atoms with Crippen LogP contribution in [-0.2, 0) is 4.74 Å². The molecular weight excluding hydrogens is 198 g/mol. The van der Waals surface area contributed by atoms with E-state index in [9.17, 15) is 0 Å². The van der Waals surface area contributed by atoms with Gasteiger partial charge in [-0.1, -0.05) is 26.2 Å². The first kappa shape index (κ1) is 12.4. The summed E-state index contributed by atoms with van der Waals surface area (Å²) in [7, 11) is 0. The van der Waals surface area contributed by atoms with Gasteiger partial charge in [0.25, 0.3) is 0 Å². The molecule has 0 saturated heterocycles. The lowest BCUT2D eigenvalue weighted by Crippen LogP contribution is -2.50. The van der Waals surface area contributed by atoms with Crippen LogP contribution in [-0.4, -0.2) is 24.8 Å². The lowest BCUT2D eigenvalue weighted by Gasteiger charge is -2.40. The number of ether oxygens (including phenoxy) is 1. The summed E-state index contributed by atoms with van der Waals surface area (Å²) in [5.41, 5.74) is 0. The van der Waals surface area contributed by atoms with Crippen molar-refractivity contribution in [1.29, 1.82) is 0 Å². The largest absolute Gasteiger partial charge is 0.378 e. The van der Waals surface area contributed by atoms with Crippen LogP contribution >= 0.6 is 0 Å². The highest BCUT2D eigenvalue weighted by Crippen LogP contribution is 2.30. The molecule has 2 saturated carbocycles. The van der Waals surface area contributed by atoms with Crippen LogP contribution in [0.5, 0.6) is 0 Å². The van der Waals surface area contributed by atoms with Crippen LogP contribution in [0.25, 0.3) is 0 Å². The van der Waals surface area contributed by atoms with Crippen molar-refractivity contribution in [2.75, 3.05) is 6.61 Å². The highest BCUT2D eigenvalue weighted by Gasteiger charge is 2.32. The summed E-state index contributed by atoms with van der Waals surface area (Å²) in [4.78, 5) is 0. The number of hydrogen-bond acceptors (Lipinski definition) is 2. The van der Waals surface area contributed by atoms with Gasteiger partial charge < -0.3 is 10.1 Å². The highest BCUT2D eigenvalue weighted by atomic mass is 16.5. The Morgan fingerprint density at radius 1 is 1.06 bits per heavy atom. The molecule has 2 aliphatic carbocycles. The van der Waals surface area contributed by atoms with Gasteiger partial charge in [0, 0.05) is 18.7 Å². The second-order valence-electron chi connectivity index (χ2n) is 5.55. The third-order valence-corrected chi connectivity index (χ3v) is 4.33. The molecule has 0 aromatic rings. The Labute approximate surface area is 100 Å². The Balaban J connectivity index is 1.63. The molecule has 94 valence electrons. The van der Waals surface area contributed by atoms with Gasteiger partial charge in [-0.3, -0.25) is 0 Å². The first-order valence-electron chi connectivity index (χ1n) is 7.19. The molecule has 2 heteroatoms. The molecule has 0 amide bonds. The van der Waals surface area contributed by atoms with Gasteiger partial charge in [0.1, 0.15) is 0 Å². The average Bonchev–Trinajstić information content (AvgIpc) is 2.27. The third kappa shape index (κ3) is 3.21. The molecule has 0 aliphatic heterocycles. The number of rotatable bonds is 5. The predicted octanol–water partition coefficient (Wildman–Crippen LogP) is 3.11. The maximum atomic E-state index is 5.60. The minimum atomic E-state index is 0.549. The van der Waals surface area contributed by atoms with Crippen molar-refractivity contribution in [1.82, 2.24) is 5.32 Å². The third-order valence-electron chi connectivity index (χ3n) is 4.33. The molecule has 0 heterocycles. The summed E-state index contributed by atoms with van der Waals surface area (Å²) in [5, 5.41) is 3.83. The Morgan fingerprint density at radius 3 is 2.56 bits per heavy atom. The number of hydrogen-bond donors (Lipinski definition) is 1. The molecule has 2 rings (SSSR count). The van der Waals surface area contributed by atoms with Crippen LogP contribution in [0.15, 0.2) is 0 Å². The Bertz CT molecular complexity index is 201. The van der Waals surface area contributed by atoms with Crippen LogP contribution < -0.4 is 5.32 Å². The minimum absolute atomic E-state index is 0.549. The molecule has 2 aliphatic rings. The molecule has 2 nitrogen and oxygen atoms in total. The molecule has 0 bridgehead atoms. The fourth-order valence-corrected chi connectivity index (χ4v) is 3.22. The summed E-state index contributed by atoms with van der Waals surface area (Å²) >= 11 is 0. The van der Waals surface area contributed by atoms with Crippen LogP contribution in [0, 0.1) is 5.92 Å². The van der Waals surface area contributed by atoms with Gasteiger partial charge in [-0.2, -0.15) is 0 Å². The topological polar surface area (TPSA) is 21.3 Å².